The summed E-state index contributed by atoms with van der Waals surface area (Å²) in [5.41, 5.74) is 3.79. The Morgan fingerprint density at radius 2 is 1.07 bits per heavy atom. The number of anilines is 2. The SMILES string of the molecule is O=C1C(N2CCOCC2)=CCCN1c1ccc(/N=[N+](\[O-])c2ccc(N3CCC=C(N4CCOCC4)C3=O)cc2)cc1. The molecular formula is C30H34N6O5. The van der Waals surface area contributed by atoms with Gasteiger partial charge < -0.3 is 34.3 Å². The molecule has 11 nitrogen and oxygen atoms in total. The molecule has 2 amide bonds. The van der Waals surface area contributed by atoms with E-state index in [4.69, 9.17) is 9.47 Å². The molecule has 11 heteroatoms. The molecule has 0 atom stereocenters. The minimum atomic E-state index is -0.0330. The Labute approximate surface area is 239 Å². The van der Waals surface area contributed by atoms with Gasteiger partial charge in [0.15, 0.2) is 0 Å². The number of morpholine rings is 2. The van der Waals surface area contributed by atoms with Crippen LogP contribution >= 0.6 is 0 Å². The van der Waals surface area contributed by atoms with Crippen LogP contribution in [0.1, 0.15) is 12.8 Å². The van der Waals surface area contributed by atoms with Crippen molar-refractivity contribution in [1.29, 1.82) is 0 Å². The van der Waals surface area contributed by atoms with Crippen LogP contribution in [0.5, 0.6) is 0 Å². The first kappa shape index (κ1) is 27.0. The zero-order valence-corrected chi connectivity index (χ0v) is 23.0. The number of benzene rings is 2. The molecule has 2 fully saturated rings. The van der Waals surface area contributed by atoms with Crippen LogP contribution in [-0.4, -0.2) is 92.2 Å². The molecule has 2 saturated heterocycles. The summed E-state index contributed by atoms with van der Waals surface area (Å²) < 4.78 is 10.8. The van der Waals surface area contributed by atoms with Crippen LogP contribution in [0, 0.1) is 5.21 Å². The second kappa shape index (κ2) is 12.1. The number of rotatable bonds is 6. The molecule has 2 aromatic rings. The summed E-state index contributed by atoms with van der Waals surface area (Å²) in [6, 6.07) is 14.0. The third kappa shape index (κ3) is 5.82. The molecular weight excluding hydrogens is 524 g/mol. The fourth-order valence-corrected chi connectivity index (χ4v) is 5.57. The predicted molar refractivity (Wildman–Crippen MR) is 153 cm³/mol. The first-order chi connectivity index (χ1) is 20.1. The molecule has 0 N–H and O–H groups in total. The fraction of sp³-hybridized carbons (Fsp3) is 0.400. The summed E-state index contributed by atoms with van der Waals surface area (Å²) in [6.45, 7) is 6.52. The molecule has 4 heterocycles. The van der Waals surface area contributed by atoms with E-state index in [1.165, 1.54) is 0 Å². The Hall–Kier alpha value is -4.22. The number of ether oxygens (including phenoxy) is 2. The van der Waals surface area contributed by atoms with Gasteiger partial charge in [0.25, 0.3) is 11.8 Å². The first-order valence-electron chi connectivity index (χ1n) is 14.2. The van der Waals surface area contributed by atoms with E-state index in [0.29, 0.717) is 87.6 Å². The maximum atomic E-state index is 13.2. The van der Waals surface area contributed by atoms with Gasteiger partial charge in [0, 0.05) is 67.9 Å². The highest BCUT2D eigenvalue weighted by Crippen LogP contribution is 2.28. The Kier molecular flexibility index (Phi) is 7.97. The number of nitrogens with zero attached hydrogens (tertiary/aromatic N) is 6. The van der Waals surface area contributed by atoms with Crippen molar-refractivity contribution in [3.05, 3.63) is 77.3 Å². The molecule has 0 saturated carbocycles. The smallest absolute Gasteiger partial charge is 0.274 e. The second-order valence-corrected chi connectivity index (χ2v) is 10.3. The summed E-state index contributed by atoms with van der Waals surface area (Å²) in [7, 11) is 0. The van der Waals surface area contributed by atoms with Crippen molar-refractivity contribution >= 4 is 34.6 Å². The maximum absolute atomic E-state index is 13.2. The molecule has 0 radical (unpaired) electrons. The van der Waals surface area contributed by atoms with Crippen LogP contribution in [0.4, 0.5) is 22.7 Å². The van der Waals surface area contributed by atoms with Gasteiger partial charge in [-0.3, -0.25) is 9.59 Å². The highest BCUT2D eigenvalue weighted by atomic mass is 16.5. The number of hydrogen-bond donors (Lipinski definition) is 0. The van der Waals surface area contributed by atoms with Crippen LogP contribution in [0.15, 0.2) is 77.2 Å². The predicted octanol–water partition coefficient (Wildman–Crippen LogP) is 3.52. The van der Waals surface area contributed by atoms with Gasteiger partial charge in [-0.1, -0.05) is 17.0 Å². The monoisotopic (exact) mass is 558 g/mol. The number of carbonyl (C=O) groups is 2. The van der Waals surface area contributed by atoms with Crippen LogP contribution in [0.25, 0.3) is 0 Å². The summed E-state index contributed by atoms with van der Waals surface area (Å²) in [4.78, 5) is 34.6. The second-order valence-electron chi connectivity index (χ2n) is 10.3. The number of azo groups is 1. The van der Waals surface area contributed by atoms with E-state index >= 15 is 0 Å². The Morgan fingerprint density at radius 1 is 0.634 bits per heavy atom. The largest absolute Gasteiger partial charge is 0.594 e. The Bertz CT molecular complexity index is 1360. The van der Waals surface area contributed by atoms with Crippen molar-refractivity contribution < 1.29 is 23.9 Å². The van der Waals surface area contributed by atoms with E-state index in [-0.39, 0.29) is 11.8 Å². The lowest BCUT2D eigenvalue weighted by molar-refractivity contribution is -0.435. The van der Waals surface area contributed by atoms with Crippen molar-refractivity contribution in [1.82, 2.24) is 9.80 Å². The molecule has 0 spiro atoms. The fourth-order valence-electron chi connectivity index (χ4n) is 5.57. The molecule has 4 aliphatic heterocycles. The zero-order valence-electron chi connectivity index (χ0n) is 23.0. The van der Waals surface area contributed by atoms with Gasteiger partial charge in [0.2, 0.25) is 5.69 Å². The minimum absolute atomic E-state index is 0.0203. The molecule has 41 heavy (non-hydrogen) atoms. The van der Waals surface area contributed by atoms with Crippen molar-refractivity contribution in [2.75, 3.05) is 75.5 Å². The van der Waals surface area contributed by atoms with E-state index in [1.54, 1.807) is 46.2 Å². The van der Waals surface area contributed by atoms with Crippen LogP contribution in [-0.2, 0) is 19.1 Å². The zero-order chi connectivity index (χ0) is 28.2. The van der Waals surface area contributed by atoms with Crippen LogP contribution in [0.2, 0.25) is 0 Å². The molecule has 0 aromatic heterocycles. The highest BCUT2D eigenvalue weighted by Gasteiger charge is 2.29. The Morgan fingerprint density at radius 3 is 1.54 bits per heavy atom. The molecule has 0 aliphatic carbocycles. The molecule has 0 unspecified atom stereocenters. The van der Waals surface area contributed by atoms with E-state index < -0.39 is 0 Å². The highest BCUT2D eigenvalue weighted by molar-refractivity contribution is 6.06. The molecule has 6 rings (SSSR count). The van der Waals surface area contributed by atoms with E-state index in [1.807, 2.05) is 24.3 Å². The van der Waals surface area contributed by atoms with Crippen molar-refractivity contribution in [3.63, 3.8) is 0 Å². The van der Waals surface area contributed by atoms with Crippen molar-refractivity contribution in [2.45, 2.75) is 12.8 Å². The first-order valence-corrected chi connectivity index (χ1v) is 14.2. The molecule has 2 aromatic carbocycles. The standard InChI is InChI=1S/C30H34N6O5/c37-29-27(32-15-19-40-20-16-32)3-1-13-34(29)24-7-5-23(6-8-24)31-36(39)26-11-9-25(10-12-26)35-14-2-4-28(30(35)38)33-17-21-41-22-18-33/h3-12H,1-2,13-22H2/b36-31-. The third-order valence-electron chi connectivity index (χ3n) is 7.76. The molecule has 4 aliphatic rings. The van der Waals surface area contributed by atoms with Gasteiger partial charge in [-0.15, -0.1) is 0 Å². The number of hydrogen-bond acceptors (Lipinski definition) is 8. The van der Waals surface area contributed by atoms with E-state index in [9.17, 15) is 14.8 Å². The topological polar surface area (TPSA) is 104 Å². The summed E-state index contributed by atoms with van der Waals surface area (Å²) in [5.74, 6) is -0.0532. The minimum Gasteiger partial charge on any atom is -0.594 e. The van der Waals surface area contributed by atoms with Gasteiger partial charge in [-0.05, 0) is 49.2 Å². The van der Waals surface area contributed by atoms with Gasteiger partial charge in [-0.2, -0.15) is 0 Å². The normalized spacial score (nSPS) is 20.7. The quantitative estimate of drug-likeness (QED) is 0.304. The maximum Gasteiger partial charge on any atom is 0.274 e. The van der Waals surface area contributed by atoms with Crippen LogP contribution in [0.3, 0.4) is 0 Å². The average Bonchev–Trinajstić information content (AvgIpc) is 3.03. The van der Waals surface area contributed by atoms with Crippen LogP contribution < -0.4 is 9.80 Å². The lowest BCUT2D eigenvalue weighted by Crippen LogP contribution is -2.45. The number of amides is 2. The van der Waals surface area contributed by atoms with Gasteiger partial charge in [0.05, 0.1) is 37.8 Å². The van der Waals surface area contributed by atoms with E-state index in [0.717, 1.165) is 29.9 Å². The van der Waals surface area contributed by atoms with Crippen molar-refractivity contribution in [3.8, 4) is 0 Å². The molecule has 214 valence electrons. The van der Waals surface area contributed by atoms with Gasteiger partial charge in [0.1, 0.15) is 5.69 Å². The lowest BCUT2D eigenvalue weighted by Gasteiger charge is -2.35. The summed E-state index contributed by atoms with van der Waals surface area (Å²) in [5, 5.41) is 17.0. The van der Waals surface area contributed by atoms with Crippen molar-refractivity contribution in [2.24, 2.45) is 5.11 Å². The average molecular weight is 559 g/mol. The van der Waals surface area contributed by atoms with Gasteiger partial charge >= 0.3 is 0 Å². The summed E-state index contributed by atoms with van der Waals surface area (Å²) >= 11 is 0. The number of carbonyl (C=O) groups excluding carboxylic acids is 2. The Balaban J connectivity index is 1.11. The summed E-state index contributed by atoms with van der Waals surface area (Å²) in [6.07, 6.45) is 5.56. The molecule has 0 bridgehead atoms. The lowest BCUT2D eigenvalue weighted by atomic mass is 10.1. The third-order valence-corrected chi connectivity index (χ3v) is 7.76. The van der Waals surface area contributed by atoms with Gasteiger partial charge in [-0.25, -0.2) is 0 Å². The van der Waals surface area contributed by atoms with E-state index in [2.05, 4.69) is 14.9 Å².